The Morgan fingerprint density at radius 1 is 1.05 bits per heavy atom. The first kappa shape index (κ1) is 26.5. The Labute approximate surface area is 217 Å². The summed E-state index contributed by atoms with van der Waals surface area (Å²) in [5.41, 5.74) is 0.950. The highest BCUT2D eigenvalue weighted by Crippen LogP contribution is 2.36. The molecule has 1 atom stereocenters. The van der Waals surface area contributed by atoms with Gasteiger partial charge in [-0.05, 0) is 78.9 Å². The average molecular weight is 532 g/mol. The van der Waals surface area contributed by atoms with Gasteiger partial charge in [0.25, 0.3) is 5.91 Å². The Morgan fingerprint density at radius 2 is 1.78 bits per heavy atom. The fourth-order valence-electron chi connectivity index (χ4n) is 4.54. The lowest BCUT2D eigenvalue weighted by Crippen LogP contribution is -2.39. The van der Waals surface area contributed by atoms with Crippen molar-refractivity contribution in [3.8, 4) is 5.75 Å². The molecule has 1 heterocycles. The standard InChI is InChI=1S/C28H25ClF3NO4/c1-27(15-18-4-3-7-23(29)13-18)11-10-20-14-21(8-9-24(20)37-27)26(36)33(17-25(34)35)16-19-5-2-6-22(12-19)28(30,31)32/h2-9,12-14H,10-11,15-17H2,1H3,(H,34,35)/t27-/m1/s1. The van der Waals surface area contributed by atoms with Crippen LogP contribution in [-0.4, -0.2) is 34.0 Å². The number of hydrogen-bond donors (Lipinski definition) is 1. The maximum absolute atomic E-state index is 13.2. The molecule has 0 aliphatic carbocycles. The third kappa shape index (κ3) is 6.63. The van der Waals surface area contributed by atoms with Gasteiger partial charge in [0.15, 0.2) is 0 Å². The number of fused-ring (bicyclic) bond motifs is 1. The van der Waals surface area contributed by atoms with E-state index in [4.69, 9.17) is 16.3 Å². The normalized spacial score (nSPS) is 17.0. The summed E-state index contributed by atoms with van der Waals surface area (Å²) < 4.78 is 45.6. The first-order chi connectivity index (χ1) is 17.4. The molecule has 0 saturated carbocycles. The number of hydrogen-bond acceptors (Lipinski definition) is 3. The number of ether oxygens (including phenoxy) is 1. The minimum Gasteiger partial charge on any atom is -0.487 e. The molecule has 1 amide bonds. The van der Waals surface area contributed by atoms with Gasteiger partial charge >= 0.3 is 12.1 Å². The van der Waals surface area contributed by atoms with Gasteiger partial charge in [0, 0.05) is 23.6 Å². The second-order valence-electron chi connectivity index (χ2n) is 9.43. The molecule has 1 aliphatic heterocycles. The fraction of sp³-hybridized carbons (Fsp3) is 0.286. The third-order valence-electron chi connectivity index (χ3n) is 6.30. The lowest BCUT2D eigenvalue weighted by molar-refractivity contribution is -0.139. The van der Waals surface area contributed by atoms with Crippen LogP contribution < -0.4 is 4.74 Å². The lowest BCUT2D eigenvalue weighted by Gasteiger charge is -2.36. The van der Waals surface area contributed by atoms with Crippen molar-refractivity contribution in [2.45, 2.75) is 44.5 Å². The van der Waals surface area contributed by atoms with Crippen molar-refractivity contribution in [2.24, 2.45) is 0 Å². The highest BCUT2D eigenvalue weighted by Gasteiger charge is 2.33. The number of benzene rings is 3. The van der Waals surface area contributed by atoms with Crippen LogP contribution in [0.4, 0.5) is 13.2 Å². The molecular formula is C28H25ClF3NO4. The second kappa shape index (κ2) is 10.5. The molecule has 0 unspecified atom stereocenters. The van der Waals surface area contributed by atoms with Gasteiger partial charge in [-0.25, -0.2) is 0 Å². The number of alkyl halides is 3. The number of aliphatic carboxylic acids is 1. The summed E-state index contributed by atoms with van der Waals surface area (Å²) in [6.07, 6.45) is -2.57. The Balaban J connectivity index is 1.53. The minimum absolute atomic E-state index is 0.183. The zero-order valence-electron chi connectivity index (χ0n) is 20.0. The quantitative estimate of drug-likeness (QED) is 0.382. The first-order valence-electron chi connectivity index (χ1n) is 11.7. The zero-order chi connectivity index (χ0) is 26.8. The minimum atomic E-state index is -4.54. The van der Waals surface area contributed by atoms with Crippen molar-refractivity contribution in [1.29, 1.82) is 0 Å². The molecule has 0 aromatic heterocycles. The van der Waals surface area contributed by atoms with Crippen molar-refractivity contribution in [3.05, 3.63) is 99.6 Å². The van der Waals surface area contributed by atoms with Crippen LogP contribution in [0, 0.1) is 0 Å². The monoisotopic (exact) mass is 531 g/mol. The van der Waals surface area contributed by atoms with Crippen LogP contribution in [0.15, 0.2) is 66.7 Å². The average Bonchev–Trinajstić information content (AvgIpc) is 2.82. The van der Waals surface area contributed by atoms with Crippen molar-refractivity contribution in [2.75, 3.05) is 6.54 Å². The summed E-state index contributed by atoms with van der Waals surface area (Å²) in [5, 5.41) is 9.98. The maximum atomic E-state index is 13.2. The SMILES string of the molecule is C[C@]1(Cc2cccc(Cl)c2)CCc2cc(C(=O)N(CC(=O)O)Cc3cccc(C(F)(F)F)c3)ccc2O1. The Morgan fingerprint density at radius 3 is 2.49 bits per heavy atom. The molecule has 1 N–H and O–H groups in total. The van der Waals surface area contributed by atoms with Gasteiger partial charge in [-0.3, -0.25) is 9.59 Å². The van der Waals surface area contributed by atoms with E-state index in [1.165, 1.54) is 12.1 Å². The summed E-state index contributed by atoms with van der Waals surface area (Å²) in [6.45, 7) is 1.08. The van der Waals surface area contributed by atoms with Crippen LogP contribution in [0.1, 0.15) is 46.0 Å². The van der Waals surface area contributed by atoms with E-state index in [2.05, 4.69) is 0 Å². The van der Waals surface area contributed by atoms with E-state index in [9.17, 15) is 27.9 Å². The highest BCUT2D eigenvalue weighted by molar-refractivity contribution is 6.30. The topological polar surface area (TPSA) is 66.8 Å². The fourth-order valence-corrected chi connectivity index (χ4v) is 4.75. The Hall–Kier alpha value is -3.52. The molecule has 0 bridgehead atoms. The summed E-state index contributed by atoms with van der Waals surface area (Å²) >= 11 is 6.11. The number of nitrogens with zero attached hydrogens (tertiary/aromatic N) is 1. The van der Waals surface area contributed by atoms with E-state index in [1.807, 2.05) is 31.2 Å². The van der Waals surface area contributed by atoms with Crippen LogP contribution >= 0.6 is 11.6 Å². The summed E-state index contributed by atoms with van der Waals surface area (Å²) in [5.74, 6) is -1.22. The van der Waals surface area contributed by atoms with Crippen LogP contribution in [0.5, 0.6) is 5.75 Å². The van der Waals surface area contributed by atoms with Crippen molar-refractivity contribution in [1.82, 2.24) is 4.90 Å². The van der Waals surface area contributed by atoms with Crippen LogP contribution in [0.3, 0.4) is 0 Å². The largest absolute Gasteiger partial charge is 0.487 e. The molecule has 0 spiro atoms. The van der Waals surface area contributed by atoms with Gasteiger partial charge in [0.1, 0.15) is 17.9 Å². The number of rotatable bonds is 7. The van der Waals surface area contributed by atoms with E-state index in [0.29, 0.717) is 30.0 Å². The molecule has 194 valence electrons. The number of carboxylic acids is 1. The van der Waals surface area contributed by atoms with Gasteiger partial charge in [-0.1, -0.05) is 35.9 Å². The van der Waals surface area contributed by atoms with Crippen molar-refractivity contribution < 1.29 is 32.6 Å². The second-order valence-corrected chi connectivity index (χ2v) is 9.87. The number of carboxylic acid groups (broad SMARTS) is 1. The zero-order valence-corrected chi connectivity index (χ0v) is 20.8. The smallest absolute Gasteiger partial charge is 0.416 e. The van der Waals surface area contributed by atoms with E-state index in [-0.39, 0.29) is 17.7 Å². The molecule has 3 aromatic carbocycles. The number of carbonyl (C=O) groups is 2. The van der Waals surface area contributed by atoms with E-state index in [0.717, 1.165) is 28.2 Å². The predicted molar refractivity (Wildman–Crippen MR) is 133 cm³/mol. The number of amides is 1. The summed E-state index contributed by atoms with van der Waals surface area (Å²) in [6, 6.07) is 17.0. The molecule has 0 fully saturated rings. The van der Waals surface area contributed by atoms with E-state index < -0.39 is 35.8 Å². The van der Waals surface area contributed by atoms with E-state index in [1.54, 1.807) is 18.2 Å². The van der Waals surface area contributed by atoms with Crippen molar-refractivity contribution >= 4 is 23.5 Å². The third-order valence-corrected chi connectivity index (χ3v) is 6.53. The highest BCUT2D eigenvalue weighted by atomic mass is 35.5. The molecule has 37 heavy (non-hydrogen) atoms. The van der Waals surface area contributed by atoms with Crippen LogP contribution in [0.2, 0.25) is 5.02 Å². The van der Waals surface area contributed by atoms with Crippen LogP contribution in [0.25, 0.3) is 0 Å². The molecule has 0 radical (unpaired) electrons. The first-order valence-corrected chi connectivity index (χ1v) is 12.0. The summed E-state index contributed by atoms with van der Waals surface area (Å²) in [4.78, 5) is 25.7. The van der Waals surface area contributed by atoms with Gasteiger partial charge in [-0.2, -0.15) is 13.2 Å². The number of aryl methyl sites for hydroxylation is 1. The maximum Gasteiger partial charge on any atom is 0.416 e. The molecule has 5 nitrogen and oxygen atoms in total. The molecule has 4 rings (SSSR count). The molecular weight excluding hydrogens is 507 g/mol. The lowest BCUT2D eigenvalue weighted by atomic mass is 9.87. The van der Waals surface area contributed by atoms with Crippen LogP contribution in [-0.2, 0) is 30.4 Å². The molecule has 9 heteroatoms. The van der Waals surface area contributed by atoms with E-state index >= 15 is 0 Å². The predicted octanol–water partition coefficient (Wildman–Crippen LogP) is 6.41. The van der Waals surface area contributed by atoms with Gasteiger partial charge in [-0.15, -0.1) is 0 Å². The molecule has 3 aromatic rings. The number of carbonyl (C=O) groups excluding carboxylic acids is 1. The van der Waals surface area contributed by atoms with Crippen molar-refractivity contribution in [3.63, 3.8) is 0 Å². The number of halogens is 4. The Bertz CT molecular complexity index is 1330. The van der Waals surface area contributed by atoms with Gasteiger partial charge in [0.05, 0.1) is 5.56 Å². The Kier molecular flexibility index (Phi) is 7.50. The van der Waals surface area contributed by atoms with Gasteiger partial charge in [0.2, 0.25) is 0 Å². The summed E-state index contributed by atoms with van der Waals surface area (Å²) in [7, 11) is 0. The van der Waals surface area contributed by atoms with Gasteiger partial charge < -0.3 is 14.7 Å². The molecule has 0 saturated heterocycles. The molecule has 1 aliphatic rings.